The Hall–Kier alpha value is -1.13. The van der Waals surface area contributed by atoms with Crippen LogP contribution in [0.15, 0.2) is 18.5 Å². The van der Waals surface area contributed by atoms with Gasteiger partial charge in [-0.2, -0.15) is 0 Å². The second-order valence-electron chi connectivity index (χ2n) is 2.62. The zero-order valence-electron chi connectivity index (χ0n) is 6.77. The van der Waals surface area contributed by atoms with Gasteiger partial charge in [-0.3, -0.25) is 4.98 Å². The third-order valence-electron chi connectivity index (χ3n) is 1.73. The van der Waals surface area contributed by atoms with Gasteiger partial charge in [-0.15, -0.1) is 0 Å². The van der Waals surface area contributed by atoms with Gasteiger partial charge in [0.2, 0.25) is 0 Å². The number of nitrogen functional groups attached to an aromatic ring is 1. The van der Waals surface area contributed by atoms with Crippen LogP contribution >= 0.6 is 0 Å². The lowest BCUT2D eigenvalue weighted by Crippen LogP contribution is -2.14. The molecule has 4 nitrogen and oxygen atoms in total. The summed E-state index contributed by atoms with van der Waals surface area (Å²) in [6.07, 6.45) is 3.76. The SMILES string of the molecule is Nc1ccncc1C(N)CCO. The molecular weight excluding hydrogens is 154 g/mol. The maximum atomic E-state index is 8.65. The fourth-order valence-electron chi connectivity index (χ4n) is 1.02. The van der Waals surface area contributed by atoms with E-state index in [2.05, 4.69) is 4.98 Å². The Morgan fingerprint density at radius 1 is 1.58 bits per heavy atom. The van der Waals surface area contributed by atoms with Gasteiger partial charge >= 0.3 is 0 Å². The number of hydrogen-bond donors (Lipinski definition) is 3. The number of pyridine rings is 1. The first-order valence-corrected chi connectivity index (χ1v) is 3.81. The van der Waals surface area contributed by atoms with Gasteiger partial charge in [-0.1, -0.05) is 0 Å². The molecule has 1 aromatic rings. The van der Waals surface area contributed by atoms with Crippen molar-refractivity contribution < 1.29 is 5.11 Å². The summed E-state index contributed by atoms with van der Waals surface area (Å²) in [5.74, 6) is 0. The molecule has 1 heterocycles. The highest BCUT2D eigenvalue weighted by Crippen LogP contribution is 2.18. The van der Waals surface area contributed by atoms with Gasteiger partial charge in [-0.05, 0) is 12.5 Å². The Morgan fingerprint density at radius 3 is 2.92 bits per heavy atom. The molecule has 0 saturated carbocycles. The standard InChI is InChI=1S/C8H13N3O/c9-7-1-3-11-5-6(7)8(10)2-4-12/h1,3,5,8,12H,2,4,10H2,(H2,9,11). The van der Waals surface area contributed by atoms with Gasteiger partial charge in [0, 0.05) is 36.3 Å². The van der Waals surface area contributed by atoms with E-state index in [-0.39, 0.29) is 12.6 Å². The fraction of sp³-hybridized carbons (Fsp3) is 0.375. The van der Waals surface area contributed by atoms with Crippen molar-refractivity contribution >= 4 is 5.69 Å². The Bertz CT molecular complexity index is 252. The Balaban J connectivity index is 2.79. The molecule has 0 fully saturated rings. The van der Waals surface area contributed by atoms with Crippen molar-refractivity contribution in [2.75, 3.05) is 12.3 Å². The minimum atomic E-state index is -0.219. The van der Waals surface area contributed by atoms with Gasteiger partial charge < -0.3 is 16.6 Å². The van der Waals surface area contributed by atoms with Crippen LogP contribution in [0.25, 0.3) is 0 Å². The van der Waals surface area contributed by atoms with Gasteiger partial charge in [-0.25, -0.2) is 0 Å². The highest BCUT2D eigenvalue weighted by molar-refractivity contribution is 5.45. The van der Waals surface area contributed by atoms with Crippen LogP contribution in [0.2, 0.25) is 0 Å². The number of rotatable bonds is 3. The van der Waals surface area contributed by atoms with Crippen LogP contribution in [0, 0.1) is 0 Å². The quantitative estimate of drug-likeness (QED) is 0.593. The van der Waals surface area contributed by atoms with Crippen LogP contribution in [0.3, 0.4) is 0 Å². The van der Waals surface area contributed by atoms with Gasteiger partial charge in [0.1, 0.15) is 0 Å². The highest BCUT2D eigenvalue weighted by Gasteiger charge is 2.07. The lowest BCUT2D eigenvalue weighted by Gasteiger charge is -2.11. The zero-order chi connectivity index (χ0) is 8.97. The second-order valence-corrected chi connectivity index (χ2v) is 2.62. The molecule has 5 N–H and O–H groups in total. The molecule has 0 aliphatic rings. The summed E-state index contributed by atoms with van der Waals surface area (Å²) in [6.45, 7) is 0.0650. The molecule has 12 heavy (non-hydrogen) atoms. The molecule has 1 atom stereocenters. The molecule has 0 aliphatic heterocycles. The van der Waals surface area contributed by atoms with Crippen molar-refractivity contribution in [1.82, 2.24) is 4.98 Å². The van der Waals surface area contributed by atoms with E-state index in [0.717, 1.165) is 5.56 Å². The molecule has 0 aromatic carbocycles. The summed E-state index contributed by atoms with van der Waals surface area (Å²) in [4.78, 5) is 3.91. The van der Waals surface area contributed by atoms with Crippen molar-refractivity contribution in [2.24, 2.45) is 5.73 Å². The number of aliphatic hydroxyl groups is 1. The van der Waals surface area contributed by atoms with E-state index in [1.54, 1.807) is 18.5 Å². The number of anilines is 1. The van der Waals surface area contributed by atoms with E-state index in [4.69, 9.17) is 16.6 Å². The van der Waals surface area contributed by atoms with Crippen LogP contribution in [-0.4, -0.2) is 16.7 Å². The van der Waals surface area contributed by atoms with Crippen molar-refractivity contribution in [3.8, 4) is 0 Å². The topological polar surface area (TPSA) is 85.2 Å². The molecule has 0 spiro atoms. The second kappa shape index (κ2) is 4.04. The van der Waals surface area contributed by atoms with Gasteiger partial charge in [0.05, 0.1) is 0 Å². The third kappa shape index (κ3) is 1.93. The molecule has 0 radical (unpaired) electrons. The first-order chi connectivity index (χ1) is 5.75. The predicted molar refractivity (Wildman–Crippen MR) is 47.3 cm³/mol. The van der Waals surface area contributed by atoms with Crippen LogP contribution in [0.4, 0.5) is 5.69 Å². The van der Waals surface area contributed by atoms with Crippen LogP contribution in [0.5, 0.6) is 0 Å². The number of aliphatic hydroxyl groups excluding tert-OH is 1. The zero-order valence-corrected chi connectivity index (χ0v) is 6.77. The first-order valence-electron chi connectivity index (χ1n) is 3.81. The molecule has 66 valence electrons. The highest BCUT2D eigenvalue weighted by atomic mass is 16.3. The van der Waals surface area contributed by atoms with Crippen molar-refractivity contribution in [3.63, 3.8) is 0 Å². The predicted octanol–water partition coefficient (Wildman–Crippen LogP) is 0.0460. The molecule has 1 rings (SSSR count). The molecule has 0 bridgehead atoms. The average molecular weight is 167 g/mol. The summed E-state index contributed by atoms with van der Waals surface area (Å²) in [5.41, 5.74) is 12.8. The number of hydrogen-bond acceptors (Lipinski definition) is 4. The minimum absolute atomic E-state index is 0.0650. The van der Waals surface area contributed by atoms with Crippen molar-refractivity contribution in [1.29, 1.82) is 0 Å². The van der Waals surface area contributed by atoms with E-state index in [1.165, 1.54) is 0 Å². The lowest BCUT2D eigenvalue weighted by molar-refractivity contribution is 0.276. The lowest BCUT2D eigenvalue weighted by atomic mass is 10.1. The van der Waals surface area contributed by atoms with E-state index < -0.39 is 0 Å². The van der Waals surface area contributed by atoms with Crippen molar-refractivity contribution in [2.45, 2.75) is 12.5 Å². The molecule has 0 amide bonds. The third-order valence-corrected chi connectivity index (χ3v) is 1.73. The van der Waals surface area contributed by atoms with Crippen LogP contribution < -0.4 is 11.5 Å². The summed E-state index contributed by atoms with van der Waals surface area (Å²) in [6, 6.07) is 1.48. The van der Waals surface area contributed by atoms with Crippen LogP contribution in [0.1, 0.15) is 18.0 Å². The van der Waals surface area contributed by atoms with E-state index in [1.807, 2.05) is 0 Å². The maximum absolute atomic E-state index is 8.65. The summed E-state index contributed by atoms with van der Waals surface area (Å²) in [7, 11) is 0. The monoisotopic (exact) mass is 167 g/mol. The summed E-state index contributed by atoms with van der Waals surface area (Å²) < 4.78 is 0. The summed E-state index contributed by atoms with van der Waals surface area (Å²) in [5, 5.41) is 8.65. The molecule has 4 heteroatoms. The number of nitrogens with two attached hydrogens (primary N) is 2. The fourth-order valence-corrected chi connectivity index (χ4v) is 1.02. The van der Waals surface area contributed by atoms with Gasteiger partial charge in [0.15, 0.2) is 0 Å². The minimum Gasteiger partial charge on any atom is -0.398 e. The Morgan fingerprint density at radius 2 is 2.33 bits per heavy atom. The normalized spacial score (nSPS) is 12.8. The molecular formula is C8H13N3O. The van der Waals surface area contributed by atoms with Gasteiger partial charge in [0.25, 0.3) is 0 Å². The molecule has 0 saturated heterocycles. The molecule has 0 aliphatic carbocycles. The summed E-state index contributed by atoms with van der Waals surface area (Å²) >= 11 is 0. The Kier molecular flexibility index (Phi) is 3.01. The smallest absolute Gasteiger partial charge is 0.0449 e. The number of nitrogens with zero attached hydrogens (tertiary/aromatic N) is 1. The first kappa shape index (κ1) is 8.96. The number of aromatic nitrogens is 1. The maximum Gasteiger partial charge on any atom is 0.0449 e. The van der Waals surface area contributed by atoms with Crippen LogP contribution in [-0.2, 0) is 0 Å². The Labute approximate surface area is 71.2 Å². The van der Waals surface area contributed by atoms with E-state index >= 15 is 0 Å². The van der Waals surface area contributed by atoms with E-state index in [0.29, 0.717) is 12.1 Å². The van der Waals surface area contributed by atoms with E-state index in [9.17, 15) is 0 Å². The average Bonchev–Trinajstić information content (AvgIpc) is 2.05. The van der Waals surface area contributed by atoms with Crippen molar-refractivity contribution in [3.05, 3.63) is 24.0 Å². The molecule has 1 aromatic heterocycles. The molecule has 1 unspecified atom stereocenters. The largest absolute Gasteiger partial charge is 0.398 e.